The first-order valence-corrected chi connectivity index (χ1v) is 12.9. The van der Waals surface area contributed by atoms with Crippen molar-refractivity contribution in [3.63, 3.8) is 0 Å². The van der Waals surface area contributed by atoms with E-state index in [1.54, 1.807) is 35.1 Å². The normalized spacial score (nSPS) is 17.5. The third kappa shape index (κ3) is 5.06. The minimum atomic E-state index is -0.320. The molecular formula is C27H26ClN9O2. The SMILES string of the molecule is Cc1cn2cc(NC(=O)c3ccc(N4C[C@@H](C)N[C@H](C)C4)c4nccnc34)cc(Oc3ncc(Cl)cn3)c2n1. The Morgan fingerprint density at radius 2 is 1.77 bits per heavy atom. The number of amides is 1. The van der Waals surface area contributed by atoms with Crippen LogP contribution in [0.5, 0.6) is 11.8 Å². The summed E-state index contributed by atoms with van der Waals surface area (Å²) in [5, 5.41) is 6.92. The molecule has 1 aliphatic heterocycles. The molecule has 2 N–H and O–H groups in total. The van der Waals surface area contributed by atoms with Gasteiger partial charge >= 0.3 is 6.01 Å². The average Bonchev–Trinajstić information content (AvgIpc) is 3.29. The minimum absolute atomic E-state index is 0.110. The fourth-order valence-corrected chi connectivity index (χ4v) is 5.09. The summed E-state index contributed by atoms with van der Waals surface area (Å²) in [4.78, 5) is 37.7. The minimum Gasteiger partial charge on any atom is -0.420 e. The van der Waals surface area contributed by atoms with Gasteiger partial charge in [0.25, 0.3) is 5.91 Å². The highest BCUT2D eigenvalue weighted by Gasteiger charge is 2.25. The lowest BCUT2D eigenvalue weighted by Crippen LogP contribution is -2.54. The number of halogens is 1. The molecule has 0 aliphatic carbocycles. The molecule has 1 amide bonds. The zero-order valence-corrected chi connectivity index (χ0v) is 22.3. The zero-order valence-electron chi connectivity index (χ0n) is 21.6. The molecular weight excluding hydrogens is 518 g/mol. The molecule has 5 aromatic rings. The lowest BCUT2D eigenvalue weighted by atomic mass is 10.1. The Kier molecular flexibility index (Phi) is 6.45. The van der Waals surface area contributed by atoms with Crippen molar-refractivity contribution in [1.29, 1.82) is 0 Å². The van der Waals surface area contributed by atoms with Crippen molar-refractivity contribution in [1.82, 2.24) is 34.6 Å². The van der Waals surface area contributed by atoms with E-state index in [0.717, 1.165) is 24.5 Å². The summed E-state index contributed by atoms with van der Waals surface area (Å²) < 4.78 is 7.69. The van der Waals surface area contributed by atoms with Crippen molar-refractivity contribution >= 4 is 45.6 Å². The van der Waals surface area contributed by atoms with Crippen LogP contribution in [0.1, 0.15) is 29.9 Å². The average molecular weight is 544 g/mol. The number of aryl methyl sites for hydroxylation is 1. The summed E-state index contributed by atoms with van der Waals surface area (Å²) in [6.07, 6.45) is 9.76. The highest BCUT2D eigenvalue weighted by Crippen LogP contribution is 2.31. The molecule has 0 unspecified atom stereocenters. The largest absolute Gasteiger partial charge is 0.420 e. The Balaban J connectivity index is 1.34. The van der Waals surface area contributed by atoms with Crippen LogP contribution in [0, 0.1) is 6.92 Å². The van der Waals surface area contributed by atoms with E-state index < -0.39 is 0 Å². The number of ether oxygens (including phenoxy) is 1. The van der Waals surface area contributed by atoms with Gasteiger partial charge in [-0.1, -0.05) is 11.6 Å². The molecule has 1 aromatic carbocycles. The standard InChI is InChI=1S/C27H26ClN9O2/c1-15-11-36(12-16(2)33-15)21-5-4-20(23-24(21)30-7-6-29-23)26(38)35-19-8-22(25-34-17(3)13-37(25)14-19)39-27-31-9-18(28)10-32-27/h4-10,13-16,33H,11-12H2,1-3H3,(H,35,38)/t15-,16-/m1/s1. The molecule has 198 valence electrons. The molecule has 39 heavy (non-hydrogen) atoms. The highest BCUT2D eigenvalue weighted by atomic mass is 35.5. The summed E-state index contributed by atoms with van der Waals surface area (Å²) in [6, 6.07) is 6.21. The molecule has 0 bridgehead atoms. The van der Waals surface area contributed by atoms with Crippen LogP contribution >= 0.6 is 11.6 Å². The summed E-state index contributed by atoms with van der Waals surface area (Å²) in [5.74, 6) is 0.0594. The quantitative estimate of drug-likeness (QED) is 0.334. The molecule has 1 fully saturated rings. The van der Waals surface area contributed by atoms with Gasteiger partial charge in [0, 0.05) is 56.0 Å². The molecule has 0 radical (unpaired) electrons. The van der Waals surface area contributed by atoms with Gasteiger partial charge in [0.1, 0.15) is 11.0 Å². The second-order valence-electron chi connectivity index (χ2n) is 9.71. The van der Waals surface area contributed by atoms with Gasteiger partial charge in [-0.05, 0) is 32.9 Å². The zero-order chi connectivity index (χ0) is 27.1. The van der Waals surface area contributed by atoms with E-state index in [9.17, 15) is 4.79 Å². The Morgan fingerprint density at radius 3 is 2.51 bits per heavy atom. The number of hydrogen-bond donors (Lipinski definition) is 2. The molecule has 2 atom stereocenters. The van der Waals surface area contributed by atoms with Crippen molar-refractivity contribution in [2.24, 2.45) is 0 Å². The number of carbonyl (C=O) groups excluding carboxylic acids is 1. The molecule has 6 rings (SSSR count). The predicted octanol–water partition coefficient (Wildman–Crippen LogP) is 4.26. The van der Waals surface area contributed by atoms with Crippen LogP contribution in [0.2, 0.25) is 5.02 Å². The van der Waals surface area contributed by atoms with Crippen LogP contribution in [-0.4, -0.2) is 60.4 Å². The lowest BCUT2D eigenvalue weighted by molar-refractivity contribution is 0.102. The highest BCUT2D eigenvalue weighted by molar-refractivity contribution is 6.30. The van der Waals surface area contributed by atoms with Crippen LogP contribution in [0.3, 0.4) is 0 Å². The molecule has 11 nitrogen and oxygen atoms in total. The van der Waals surface area contributed by atoms with E-state index in [0.29, 0.717) is 50.8 Å². The Hall–Kier alpha value is -4.35. The number of rotatable bonds is 5. The molecule has 12 heteroatoms. The van der Waals surface area contributed by atoms with Crippen LogP contribution in [0.15, 0.2) is 55.4 Å². The second kappa shape index (κ2) is 10.1. The topological polar surface area (TPSA) is 122 Å². The van der Waals surface area contributed by atoms with Crippen molar-refractivity contribution in [2.45, 2.75) is 32.9 Å². The lowest BCUT2D eigenvalue weighted by Gasteiger charge is -2.38. The van der Waals surface area contributed by atoms with E-state index in [-0.39, 0.29) is 11.9 Å². The molecule has 1 saturated heterocycles. The number of fused-ring (bicyclic) bond motifs is 2. The van der Waals surface area contributed by atoms with Crippen molar-refractivity contribution in [3.05, 3.63) is 71.7 Å². The van der Waals surface area contributed by atoms with Gasteiger partial charge in [-0.15, -0.1) is 0 Å². The molecule has 4 aromatic heterocycles. The molecule has 1 aliphatic rings. The number of aromatic nitrogens is 6. The Labute approximate surface area is 229 Å². The van der Waals surface area contributed by atoms with Crippen LogP contribution < -0.4 is 20.3 Å². The number of piperazine rings is 1. The monoisotopic (exact) mass is 543 g/mol. The van der Waals surface area contributed by atoms with Gasteiger partial charge in [-0.3, -0.25) is 14.8 Å². The molecule has 5 heterocycles. The fourth-order valence-electron chi connectivity index (χ4n) is 4.99. The van der Waals surface area contributed by atoms with E-state index in [4.69, 9.17) is 16.3 Å². The maximum Gasteiger partial charge on any atom is 0.322 e. The van der Waals surface area contributed by atoms with E-state index >= 15 is 0 Å². The Morgan fingerprint density at radius 1 is 1.05 bits per heavy atom. The number of imidazole rings is 1. The third-order valence-electron chi connectivity index (χ3n) is 6.44. The molecule has 0 saturated carbocycles. The van der Waals surface area contributed by atoms with E-state index in [2.05, 4.69) is 54.3 Å². The van der Waals surface area contributed by atoms with Gasteiger partial charge in [0.05, 0.1) is 40.0 Å². The fraction of sp³-hybridized carbons (Fsp3) is 0.259. The van der Waals surface area contributed by atoms with Crippen LogP contribution in [0.4, 0.5) is 11.4 Å². The van der Waals surface area contributed by atoms with Gasteiger partial charge < -0.3 is 24.7 Å². The number of anilines is 2. The van der Waals surface area contributed by atoms with Gasteiger partial charge in [0.2, 0.25) is 0 Å². The number of nitrogens with zero attached hydrogens (tertiary/aromatic N) is 7. The third-order valence-corrected chi connectivity index (χ3v) is 6.64. The maximum absolute atomic E-state index is 13.6. The number of pyridine rings is 1. The first-order valence-electron chi connectivity index (χ1n) is 12.5. The van der Waals surface area contributed by atoms with Gasteiger partial charge in [-0.25, -0.2) is 15.0 Å². The second-order valence-corrected chi connectivity index (χ2v) is 10.1. The first-order chi connectivity index (χ1) is 18.8. The summed E-state index contributed by atoms with van der Waals surface area (Å²) in [7, 11) is 0. The summed E-state index contributed by atoms with van der Waals surface area (Å²) in [5.41, 5.74) is 4.46. The van der Waals surface area contributed by atoms with Crippen LogP contribution in [0.25, 0.3) is 16.7 Å². The summed E-state index contributed by atoms with van der Waals surface area (Å²) >= 11 is 5.90. The van der Waals surface area contributed by atoms with Gasteiger partial charge in [0.15, 0.2) is 11.4 Å². The Bertz CT molecular complexity index is 1680. The summed E-state index contributed by atoms with van der Waals surface area (Å²) in [6.45, 7) is 7.88. The van der Waals surface area contributed by atoms with Gasteiger partial charge in [-0.2, -0.15) is 0 Å². The number of nitrogens with one attached hydrogen (secondary N) is 2. The predicted molar refractivity (Wildman–Crippen MR) is 149 cm³/mol. The van der Waals surface area contributed by atoms with Crippen molar-refractivity contribution in [3.8, 4) is 11.8 Å². The van der Waals surface area contributed by atoms with E-state index in [1.807, 2.05) is 19.2 Å². The molecule has 0 spiro atoms. The maximum atomic E-state index is 13.6. The van der Waals surface area contributed by atoms with E-state index in [1.165, 1.54) is 12.4 Å². The van der Waals surface area contributed by atoms with Crippen molar-refractivity contribution < 1.29 is 9.53 Å². The van der Waals surface area contributed by atoms with Crippen molar-refractivity contribution in [2.75, 3.05) is 23.3 Å². The first kappa shape index (κ1) is 25.0. The number of carbonyl (C=O) groups is 1. The number of hydrogen-bond acceptors (Lipinski definition) is 9. The smallest absolute Gasteiger partial charge is 0.322 e. The number of benzene rings is 1. The van der Waals surface area contributed by atoms with Crippen LogP contribution in [-0.2, 0) is 0 Å².